The first-order chi connectivity index (χ1) is 11.7. The van der Waals surface area contributed by atoms with E-state index in [1.165, 1.54) is 12.1 Å². The summed E-state index contributed by atoms with van der Waals surface area (Å²) >= 11 is 5.80. The van der Waals surface area contributed by atoms with Gasteiger partial charge in [-0.25, -0.2) is 9.18 Å². The van der Waals surface area contributed by atoms with Gasteiger partial charge in [-0.1, -0.05) is 56.6 Å². The van der Waals surface area contributed by atoms with E-state index in [-0.39, 0.29) is 16.0 Å². The summed E-state index contributed by atoms with van der Waals surface area (Å²) in [7, 11) is 0. The molecule has 0 unspecified atom stereocenters. The molecule has 2 rings (SSSR count). The van der Waals surface area contributed by atoms with Crippen molar-refractivity contribution in [3.8, 4) is 0 Å². The van der Waals surface area contributed by atoms with Crippen LogP contribution in [0, 0.1) is 5.82 Å². The Morgan fingerprint density at radius 1 is 1.12 bits per heavy atom. The minimum Gasteiger partial charge on any atom is -0.452 e. The van der Waals surface area contributed by atoms with Gasteiger partial charge in [-0.3, -0.25) is 4.79 Å². The zero-order valence-corrected chi connectivity index (χ0v) is 15.0. The van der Waals surface area contributed by atoms with Crippen LogP contribution in [0.2, 0.25) is 5.02 Å². The number of nitrogens with one attached hydrogen (secondary N) is 1. The van der Waals surface area contributed by atoms with Crippen molar-refractivity contribution in [1.29, 1.82) is 0 Å². The Kier molecular flexibility index (Phi) is 5.80. The lowest BCUT2D eigenvalue weighted by molar-refractivity contribution is -0.119. The minimum absolute atomic E-state index is 0.0662. The molecule has 2 aromatic rings. The molecule has 0 aromatic heterocycles. The number of rotatable bonds is 4. The maximum Gasteiger partial charge on any atom is 0.343 e. The summed E-state index contributed by atoms with van der Waals surface area (Å²) in [4.78, 5) is 24.0. The topological polar surface area (TPSA) is 55.4 Å². The van der Waals surface area contributed by atoms with Gasteiger partial charge in [0.1, 0.15) is 11.4 Å². The monoisotopic (exact) mass is 363 g/mol. The third-order valence-corrected chi connectivity index (χ3v) is 3.83. The first-order valence-corrected chi connectivity index (χ1v) is 8.08. The van der Waals surface area contributed by atoms with Crippen LogP contribution in [0.3, 0.4) is 0 Å². The molecule has 0 aliphatic heterocycles. The quantitative estimate of drug-likeness (QED) is 0.809. The van der Waals surface area contributed by atoms with Gasteiger partial charge in [-0.15, -0.1) is 0 Å². The fourth-order valence-electron chi connectivity index (χ4n) is 2.33. The van der Waals surface area contributed by atoms with E-state index in [1.54, 1.807) is 12.1 Å². The number of ether oxygens (including phenoxy) is 1. The van der Waals surface area contributed by atoms with E-state index in [1.807, 2.05) is 32.9 Å². The Morgan fingerprint density at radius 2 is 1.80 bits per heavy atom. The first-order valence-electron chi connectivity index (χ1n) is 7.70. The van der Waals surface area contributed by atoms with Crippen LogP contribution in [-0.4, -0.2) is 18.5 Å². The fraction of sp³-hybridized carbons (Fsp3) is 0.263. The van der Waals surface area contributed by atoms with Gasteiger partial charge in [0.25, 0.3) is 5.91 Å². The number of carbonyl (C=O) groups excluding carboxylic acids is 2. The molecule has 6 heteroatoms. The number of benzene rings is 2. The molecule has 0 aliphatic rings. The summed E-state index contributed by atoms with van der Waals surface area (Å²) in [6.07, 6.45) is 0. The first kappa shape index (κ1) is 18.9. The summed E-state index contributed by atoms with van der Waals surface area (Å²) in [6, 6.07) is 11.2. The SMILES string of the molecule is CC(C)(C)c1ccccc1NC(=O)COC(=O)c1c(F)cccc1Cl. The fourth-order valence-corrected chi connectivity index (χ4v) is 2.57. The normalized spacial score (nSPS) is 11.1. The number of amides is 1. The van der Waals surface area contributed by atoms with Crippen molar-refractivity contribution < 1.29 is 18.7 Å². The van der Waals surface area contributed by atoms with E-state index in [9.17, 15) is 14.0 Å². The van der Waals surface area contributed by atoms with Crippen LogP contribution in [0.5, 0.6) is 0 Å². The van der Waals surface area contributed by atoms with E-state index < -0.39 is 24.3 Å². The van der Waals surface area contributed by atoms with E-state index in [4.69, 9.17) is 16.3 Å². The van der Waals surface area contributed by atoms with Gasteiger partial charge in [0.05, 0.1) is 5.02 Å². The number of anilines is 1. The van der Waals surface area contributed by atoms with Gasteiger partial charge in [0.2, 0.25) is 0 Å². The zero-order valence-electron chi connectivity index (χ0n) is 14.2. The second-order valence-corrected chi connectivity index (χ2v) is 6.92. The van der Waals surface area contributed by atoms with Crippen LogP contribution in [0.1, 0.15) is 36.7 Å². The molecule has 0 fully saturated rings. The minimum atomic E-state index is -0.984. The highest BCUT2D eigenvalue weighted by Crippen LogP contribution is 2.29. The highest BCUT2D eigenvalue weighted by molar-refractivity contribution is 6.33. The molecule has 0 atom stereocenters. The van der Waals surface area contributed by atoms with Gasteiger partial charge in [0.15, 0.2) is 6.61 Å². The molecule has 0 saturated heterocycles. The molecule has 0 spiro atoms. The third kappa shape index (κ3) is 4.79. The standard InChI is InChI=1S/C19H19ClFNO3/c1-19(2,3)12-7-4-5-10-15(12)22-16(23)11-25-18(24)17-13(20)8-6-9-14(17)21/h4-10H,11H2,1-3H3,(H,22,23). The molecule has 2 aromatic carbocycles. The van der Waals surface area contributed by atoms with E-state index in [2.05, 4.69) is 5.32 Å². The van der Waals surface area contributed by atoms with Crippen molar-refractivity contribution >= 4 is 29.2 Å². The number of halogens is 2. The lowest BCUT2D eigenvalue weighted by Gasteiger charge is -2.23. The van der Waals surface area contributed by atoms with Gasteiger partial charge >= 0.3 is 5.97 Å². The van der Waals surface area contributed by atoms with Crippen molar-refractivity contribution in [3.63, 3.8) is 0 Å². The van der Waals surface area contributed by atoms with Crippen molar-refractivity contribution in [2.45, 2.75) is 26.2 Å². The second kappa shape index (κ2) is 7.66. The van der Waals surface area contributed by atoms with Crippen LogP contribution < -0.4 is 5.32 Å². The van der Waals surface area contributed by atoms with Crippen molar-refractivity contribution in [3.05, 3.63) is 64.4 Å². The molecule has 1 amide bonds. The van der Waals surface area contributed by atoms with Crippen LogP contribution in [0.4, 0.5) is 10.1 Å². The smallest absolute Gasteiger partial charge is 0.343 e. The average molecular weight is 364 g/mol. The number of hydrogen-bond donors (Lipinski definition) is 1. The van der Waals surface area contributed by atoms with Crippen molar-refractivity contribution in [1.82, 2.24) is 0 Å². The maximum absolute atomic E-state index is 13.7. The average Bonchev–Trinajstić information content (AvgIpc) is 2.52. The molecule has 0 aliphatic carbocycles. The van der Waals surface area contributed by atoms with Crippen LogP contribution in [0.15, 0.2) is 42.5 Å². The van der Waals surface area contributed by atoms with Gasteiger partial charge in [-0.05, 0) is 29.2 Å². The number of carbonyl (C=O) groups is 2. The Bertz CT molecular complexity index is 779. The lowest BCUT2D eigenvalue weighted by Crippen LogP contribution is -2.23. The van der Waals surface area contributed by atoms with E-state index in [0.717, 1.165) is 11.6 Å². The molecule has 1 N–H and O–H groups in total. The summed E-state index contributed by atoms with van der Waals surface area (Å²) in [5, 5.41) is 2.64. The summed E-state index contributed by atoms with van der Waals surface area (Å²) in [6.45, 7) is 5.54. The molecule has 0 radical (unpaired) electrons. The molecule has 25 heavy (non-hydrogen) atoms. The second-order valence-electron chi connectivity index (χ2n) is 6.52. The highest BCUT2D eigenvalue weighted by Gasteiger charge is 2.20. The lowest BCUT2D eigenvalue weighted by atomic mass is 9.86. The molecular formula is C19H19ClFNO3. The molecule has 132 valence electrons. The Morgan fingerprint density at radius 3 is 2.44 bits per heavy atom. The Balaban J connectivity index is 2.04. The van der Waals surface area contributed by atoms with Gasteiger partial charge in [-0.2, -0.15) is 0 Å². The van der Waals surface area contributed by atoms with Gasteiger partial charge < -0.3 is 10.1 Å². The molecule has 0 bridgehead atoms. The number of esters is 1. The summed E-state index contributed by atoms with van der Waals surface area (Å²) in [5.41, 5.74) is 1.04. The predicted molar refractivity (Wildman–Crippen MR) is 95.5 cm³/mol. The third-order valence-electron chi connectivity index (χ3n) is 3.51. The van der Waals surface area contributed by atoms with E-state index in [0.29, 0.717) is 5.69 Å². The van der Waals surface area contributed by atoms with E-state index >= 15 is 0 Å². The van der Waals surface area contributed by atoms with Crippen molar-refractivity contribution in [2.75, 3.05) is 11.9 Å². The Hall–Kier alpha value is -2.40. The summed E-state index contributed by atoms with van der Waals surface area (Å²) < 4.78 is 18.5. The molecule has 0 heterocycles. The number of hydrogen-bond acceptors (Lipinski definition) is 3. The Labute approximate surface area is 150 Å². The largest absolute Gasteiger partial charge is 0.452 e. The number of para-hydroxylation sites is 1. The van der Waals surface area contributed by atoms with Crippen LogP contribution in [-0.2, 0) is 14.9 Å². The highest BCUT2D eigenvalue weighted by atomic mass is 35.5. The predicted octanol–water partition coefficient (Wildman–Crippen LogP) is 4.57. The summed E-state index contributed by atoms with van der Waals surface area (Å²) in [5.74, 6) is -2.30. The van der Waals surface area contributed by atoms with Gasteiger partial charge in [0, 0.05) is 5.69 Å². The molecular weight excluding hydrogens is 345 g/mol. The van der Waals surface area contributed by atoms with Crippen LogP contribution in [0.25, 0.3) is 0 Å². The molecule has 4 nitrogen and oxygen atoms in total. The zero-order chi connectivity index (χ0) is 18.6. The van der Waals surface area contributed by atoms with Crippen molar-refractivity contribution in [2.24, 2.45) is 0 Å². The maximum atomic E-state index is 13.7. The van der Waals surface area contributed by atoms with Crippen LogP contribution >= 0.6 is 11.6 Å². The molecule has 0 saturated carbocycles.